The van der Waals surface area contributed by atoms with Crippen LogP contribution in [0.25, 0.3) is 0 Å². The van der Waals surface area contributed by atoms with Crippen molar-refractivity contribution in [3.05, 3.63) is 46.8 Å². The first-order valence-electron chi connectivity index (χ1n) is 7.29. The molecule has 0 unspecified atom stereocenters. The summed E-state index contributed by atoms with van der Waals surface area (Å²) in [6.45, 7) is 6.01. The molecule has 7 heteroatoms. The lowest BCUT2D eigenvalue weighted by Crippen LogP contribution is -2.32. The summed E-state index contributed by atoms with van der Waals surface area (Å²) in [6.07, 6.45) is 0. The Morgan fingerprint density at radius 2 is 1.91 bits per heavy atom. The SMILES string of the molecule is Cc1nc(N)nc(COc2ccc(C(C)C)cc2)c1C(=O)NN. The van der Waals surface area contributed by atoms with Gasteiger partial charge in [-0.2, -0.15) is 0 Å². The van der Waals surface area contributed by atoms with E-state index in [-0.39, 0.29) is 18.1 Å². The van der Waals surface area contributed by atoms with Gasteiger partial charge in [0.15, 0.2) is 0 Å². The first-order chi connectivity index (χ1) is 10.9. The largest absolute Gasteiger partial charge is 0.487 e. The van der Waals surface area contributed by atoms with Crippen molar-refractivity contribution in [2.24, 2.45) is 5.84 Å². The van der Waals surface area contributed by atoms with Gasteiger partial charge < -0.3 is 10.5 Å². The second kappa shape index (κ2) is 7.06. The first kappa shape index (κ1) is 16.7. The zero-order valence-electron chi connectivity index (χ0n) is 13.5. The Bertz CT molecular complexity index is 698. The lowest BCUT2D eigenvalue weighted by atomic mass is 10.0. The first-order valence-corrected chi connectivity index (χ1v) is 7.29. The number of nitrogens with one attached hydrogen (secondary N) is 1. The van der Waals surface area contributed by atoms with Crippen LogP contribution in [0.15, 0.2) is 24.3 Å². The molecule has 7 nitrogen and oxygen atoms in total. The highest BCUT2D eigenvalue weighted by atomic mass is 16.5. The fourth-order valence-electron chi connectivity index (χ4n) is 2.23. The fourth-order valence-corrected chi connectivity index (χ4v) is 2.23. The number of rotatable bonds is 5. The summed E-state index contributed by atoms with van der Waals surface area (Å²) in [6, 6.07) is 7.78. The van der Waals surface area contributed by atoms with Crippen LogP contribution >= 0.6 is 0 Å². The molecule has 0 saturated carbocycles. The Hall–Kier alpha value is -2.67. The second-order valence-electron chi connectivity index (χ2n) is 5.47. The van der Waals surface area contributed by atoms with Crippen LogP contribution in [0.4, 0.5) is 5.95 Å². The van der Waals surface area contributed by atoms with Crippen LogP contribution in [0.3, 0.4) is 0 Å². The van der Waals surface area contributed by atoms with Gasteiger partial charge in [0, 0.05) is 0 Å². The van der Waals surface area contributed by atoms with Crippen LogP contribution in [0.5, 0.6) is 5.75 Å². The van der Waals surface area contributed by atoms with E-state index < -0.39 is 5.91 Å². The number of benzene rings is 1. The molecule has 5 N–H and O–H groups in total. The van der Waals surface area contributed by atoms with E-state index in [1.54, 1.807) is 6.92 Å². The molecule has 2 rings (SSSR count). The number of carbonyl (C=O) groups is 1. The van der Waals surface area contributed by atoms with Crippen molar-refractivity contribution < 1.29 is 9.53 Å². The molecule has 1 amide bonds. The van der Waals surface area contributed by atoms with E-state index in [2.05, 4.69) is 29.2 Å². The topological polar surface area (TPSA) is 116 Å². The van der Waals surface area contributed by atoms with Gasteiger partial charge in [-0.1, -0.05) is 26.0 Å². The summed E-state index contributed by atoms with van der Waals surface area (Å²) < 4.78 is 5.71. The molecule has 1 heterocycles. The predicted molar refractivity (Wildman–Crippen MR) is 87.7 cm³/mol. The van der Waals surface area contributed by atoms with Crippen molar-refractivity contribution in [2.75, 3.05) is 5.73 Å². The number of carbonyl (C=O) groups excluding carboxylic acids is 1. The Morgan fingerprint density at radius 1 is 1.26 bits per heavy atom. The van der Waals surface area contributed by atoms with Gasteiger partial charge in [0.2, 0.25) is 5.95 Å². The number of nitrogens with zero attached hydrogens (tertiary/aromatic N) is 2. The molecule has 0 fully saturated rings. The van der Waals surface area contributed by atoms with E-state index in [1.807, 2.05) is 24.3 Å². The molecule has 0 aliphatic heterocycles. The molecule has 0 atom stereocenters. The molecule has 122 valence electrons. The van der Waals surface area contributed by atoms with Gasteiger partial charge in [-0.15, -0.1) is 0 Å². The maximum atomic E-state index is 11.9. The number of anilines is 1. The Kier molecular flexibility index (Phi) is 5.13. The minimum atomic E-state index is -0.476. The monoisotopic (exact) mass is 315 g/mol. The third-order valence-electron chi connectivity index (χ3n) is 3.46. The molecule has 2 aromatic rings. The Morgan fingerprint density at radius 3 is 2.48 bits per heavy atom. The van der Waals surface area contributed by atoms with Crippen molar-refractivity contribution in [2.45, 2.75) is 33.3 Å². The predicted octanol–water partition coefficient (Wildman–Crippen LogP) is 1.67. The number of amides is 1. The Labute approximate surface area is 135 Å². The van der Waals surface area contributed by atoms with Gasteiger partial charge in [-0.05, 0) is 30.5 Å². The van der Waals surface area contributed by atoms with Crippen molar-refractivity contribution in [1.82, 2.24) is 15.4 Å². The molecule has 1 aromatic carbocycles. The number of hydrogen-bond donors (Lipinski definition) is 3. The van der Waals surface area contributed by atoms with Crippen LogP contribution in [-0.2, 0) is 6.61 Å². The van der Waals surface area contributed by atoms with Gasteiger partial charge in [-0.3, -0.25) is 10.2 Å². The molecule has 0 aliphatic carbocycles. The maximum absolute atomic E-state index is 11.9. The molecule has 1 aromatic heterocycles. The fraction of sp³-hybridized carbons (Fsp3) is 0.312. The van der Waals surface area contributed by atoms with Gasteiger partial charge in [0.1, 0.15) is 12.4 Å². The third kappa shape index (κ3) is 3.95. The van der Waals surface area contributed by atoms with Crippen LogP contribution in [0.1, 0.15) is 47.1 Å². The number of aryl methyl sites for hydroxylation is 1. The standard InChI is InChI=1S/C16H21N5O2/c1-9(2)11-4-6-12(7-5-11)23-8-13-14(15(22)21-18)10(3)19-16(17)20-13/h4-7,9H,8,18H2,1-3H3,(H,21,22)(H2,17,19,20). The van der Waals surface area contributed by atoms with Crippen molar-refractivity contribution in [1.29, 1.82) is 0 Å². The van der Waals surface area contributed by atoms with Gasteiger partial charge in [0.25, 0.3) is 5.91 Å². The summed E-state index contributed by atoms with van der Waals surface area (Å²) in [4.78, 5) is 20.0. The van der Waals surface area contributed by atoms with Gasteiger partial charge in [-0.25, -0.2) is 15.8 Å². The van der Waals surface area contributed by atoms with Crippen LogP contribution < -0.4 is 21.7 Å². The highest BCUT2D eigenvalue weighted by molar-refractivity contribution is 5.95. The quantitative estimate of drug-likeness (QED) is 0.439. The lowest BCUT2D eigenvalue weighted by molar-refractivity contribution is 0.0949. The van der Waals surface area contributed by atoms with Crippen molar-refractivity contribution >= 4 is 11.9 Å². The van der Waals surface area contributed by atoms with Crippen molar-refractivity contribution in [3.63, 3.8) is 0 Å². The van der Waals surface area contributed by atoms with E-state index in [4.69, 9.17) is 16.3 Å². The van der Waals surface area contributed by atoms with Gasteiger partial charge >= 0.3 is 0 Å². The van der Waals surface area contributed by atoms with Crippen LogP contribution in [0.2, 0.25) is 0 Å². The van der Waals surface area contributed by atoms with E-state index in [9.17, 15) is 4.79 Å². The zero-order valence-corrected chi connectivity index (χ0v) is 13.5. The average molecular weight is 315 g/mol. The number of ether oxygens (including phenoxy) is 1. The van der Waals surface area contributed by atoms with E-state index in [0.717, 1.165) is 0 Å². The molecule has 0 aliphatic rings. The number of nitrogens with two attached hydrogens (primary N) is 2. The number of hydrazine groups is 1. The van der Waals surface area contributed by atoms with Crippen molar-refractivity contribution in [3.8, 4) is 5.75 Å². The summed E-state index contributed by atoms with van der Waals surface area (Å²) in [5.41, 5.74) is 10.1. The number of aromatic nitrogens is 2. The van der Waals surface area contributed by atoms with Crippen LogP contribution in [-0.4, -0.2) is 15.9 Å². The molecule has 0 spiro atoms. The smallest absolute Gasteiger partial charge is 0.269 e. The summed E-state index contributed by atoms with van der Waals surface area (Å²) in [5, 5.41) is 0. The molecule has 0 bridgehead atoms. The molecule has 23 heavy (non-hydrogen) atoms. The summed E-state index contributed by atoms with van der Waals surface area (Å²) in [7, 11) is 0. The summed E-state index contributed by atoms with van der Waals surface area (Å²) >= 11 is 0. The van der Waals surface area contributed by atoms with E-state index >= 15 is 0 Å². The van der Waals surface area contributed by atoms with Crippen LogP contribution in [0, 0.1) is 6.92 Å². The van der Waals surface area contributed by atoms with Gasteiger partial charge in [0.05, 0.1) is 17.0 Å². The number of hydrogen-bond acceptors (Lipinski definition) is 6. The second-order valence-corrected chi connectivity index (χ2v) is 5.47. The highest BCUT2D eigenvalue weighted by Gasteiger charge is 2.17. The van der Waals surface area contributed by atoms with E-state index in [1.165, 1.54) is 5.56 Å². The normalized spacial score (nSPS) is 10.7. The lowest BCUT2D eigenvalue weighted by Gasteiger charge is -2.12. The highest BCUT2D eigenvalue weighted by Crippen LogP contribution is 2.20. The average Bonchev–Trinajstić information content (AvgIpc) is 2.52. The molecule has 0 radical (unpaired) electrons. The molecular weight excluding hydrogens is 294 g/mol. The minimum absolute atomic E-state index is 0.0878. The van der Waals surface area contributed by atoms with E-state index in [0.29, 0.717) is 23.1 Å². The molecular formula is C16H21N5O2. The number of nitrogen functional groups attached to an aromatic ring is 2. The Balaban J connectivity index is 2.21. The minimum Gasteiger partial charge on any atom is -0.487 e. The molecule has 0 saturated heterocycles. The third-order valence-corrected chi connectivity index (χ3v) is 3.46. The maximum Gasteiger partial charge on any atom is 0.269 e. The summed E-state index contributed by atoms with van der Waals surface area (Å²) in [5.74, 6) is 5.95. The zero-order chi connectivity index (χ0) is 17.0.